The minimum absolute atomic E-state index is 0.134. The second-order valence-corrected chi connectivity index (χ2v) is 5.15. The topological polar surface area (TPSA) is 38.0 Å². The van der Waals surface area contributed by atoms with Gasteiger partial charge in [0.1, 0.15) is 5.82 Å². The number of aliphatic hydroxyl groups is 1. The third-order valence-corrected chi connectivity index (χ3v) is 4.14. The van der Waals surface area contributed by atoms with Gasteiger partial charge in [-0.25, -0.2) is 4.98 Å². The number of aromatic nitrogens is 2. The van der Waals surface area contributed by atoms with Gasteiger partial charge in [0, 0.05) is 34.5 Å². The van der Waals surface area contributed by atoms with E-state index >= 15 is 0 Å². The Morgan fingerprint density at radius 3 is 3.00 bits per heavy atom. The lowest BCUT2D eigenvalue weighted by Crippen LogP contribution is -2.01. The summed E-state index contributed by atoms with van der Waals surface area (Å²) in [5, 5.41) is 12.4. The van der Waals surface area contributed by atoms with Crippen LogP contribution in [0.1, 0.15) is 5.82 Å². The van der Waals surface area contributed by atoms with E-state index in [0.29, 0.717) is 6.42 Å². The maximum absolute atomic E-state index is 9.00. The van der Waals surface area contributed by atoms with E-state index in [1.807, 2.05) is 13.2 Å². The van der Waals surface area contributed by atoms with E-state index in [9.17, 15) is 0 Å². The van der Waals surface area contributed by atoms with E-state index in [1.54, 1.807) is 11.3 Å². The smallest absolute Gasteiger partial charge is 0.111 e. The summed E-state index contributed by atoms with van der Waals surface area (Å²) in [5.74, 6) is 0.919. The highest BCUT2D eigenvalue weighted by atomic mass is 32.1. The van der Waals surface area contributed by atoms with Gasteiger partial charge < -0.3 is 9.67 Å². The second kappa shape index (κ2) is 4.55. The number of rotatable bonds is 3. The molecule has 0 spiro atoms. The van der Waals surface area contributed by atoms with E-state index in [2.05, 4.69) is 39.2 Å². The van der Waals surface area contributed by atoms with Crippen molar-refractivity contribution < 1.29 is 5.11 Å². The van der Waals surface area contributed by atoms with Crippen molar-refractivity contribution in [3.8, 4) is 11.3 Å². The minimum Gasteiger partial charge on any atom is -0.396 e. The Kier molecular flexibility index (Phi) is 2.89. The highest BCUT2D eigenvalue weighted by Gasteiger charge is 2.12. The number of aliphatic hydroxyl groups excluding tert-OH is 1. The van der Waals surface area contributed by atoms with E-state index in [0.717, 1.165) is 11.5 Å². The van der Waals surface area contributed by atoms with Gasteiger partial charge in [0.2, 0.25) is 0 Å². The monoisotopic (exact) mass is 258 g/mol. The van der Waals surface area contributed by atoms with Gasteiger partial charge >= 0.3 is 0 Å². The summed E-state index contributed by atoms with van der Waals surface area (Å²) < 4.78 is 3.35. The van der Waals surface area contributed by atoms with Crippen LogP contribution in [0.2, 0.25) is 0 Å². The molecule has 0 aliphatic carbocycles. The standard InChI is InChI=1S/C14H14N2OS/c1-16-12(8-15-14(16)6-7-17)11-9-18-13-5-3-2-4-10(11)13/h2-5,8-9,17H,6-7H2,1H3. The Bertz CT molecular complexity index is 684. The molecule has 3 nitrogen and oxygen atoms in total. The number of fused-ring (bicyclic) bond motifs is 1. The van der Waals surface area contributed by atoms with Gasteiger partial charge in [-0.05, 0) is 6.07 Å². The van der Waals surface area contributed by atoms with Crippen molar-refractivity contribution in [3.63, 3.8) is 0 Å². The zero-order valence-corrected chi connectivity index (χ0v) is 10.9. The van der Waals surface area contributed by atoms with Crippen molar-refractivity contribution >= 4 is 21.4 Å². The molecule has 1 N–H and O–H groups in total. The first-order chi connectivity index (χ1) is 8.81. The first-order valence-electron chi connectivity index (χ1n) is 5.89. The van der Waals surface area contributed by atoms with Gasteiger partial charge in [0.05, 0.1) is 18.5 Å². The molecule has 2 heterocycles. The molecule has 3 aromatic rings. The van der Waals surface area contributed by atoms with Crippen molar-refractivity contribution in [1.82, 2.24) is 9.55 Å². The Balaban J connectivity index is 2.15. The van der Waals surface area contributed by atoms with Crippen LogP contribution in [0.15, 0.2) is 35.8 Å². The van der Waals surface area contributed by atoms with Crippen molar-refractivity contribution in [3.05, 3.63) is 41.7 Å². The third kappa shape index (κ3) is 1.74. The van der Waals surface area contributed by atoms with Crippen LogP contribution >= 0.6 is 11.3 Å². The fourth-order valence-electron chi connectivity index (χ4n) is 2.21. The van der Waals surface area contributed by atoms with Crippen LogP contribution in [-0.4, -0.2) is 21.3 Å². The number of imidazole rings is 1. The fraction of sp³-hybridized carbons (Fsp3) is 0.214. The average molecular weight is 258 g/mol. The largest absolute Gasteiger partial charge is 0.396 e. The molecule has 0 fully saturated rings. The molecular formula is C14H14N2OS. The Hall–Kier alpha value is -1.65. The van der Waals surface area contributed by atoms with Crippen molar-refractivity contribution in [2.75, 3.05) is 6.61 Å². The quantitative estimate of drug-likeness (QED) is 0.784. The Morgan fingerprint density at radius 1 is 1.33 bits per heavy atom. The van der Waals surface area contributed by atoms with Crippen LogP contribution in [0.3, 0.4) is 0 Å². The lowest BCUT2D eigenvalue weighted by atomic mass is 10.1. The first kappa shape index (κ1) is 11.4. The molecule has 0 bridgehead atoms. The lowest BCUT2D eigenvalue weighted by molar-refractivity contribution is 0.295. The van der Waals surface area contributed by atoms with E-state index in [-0.39, 0.29) is 6.61 Å². The molecule has 2 aromatic heterocycles. The predicted octanol–water partition coefficient (Wildman–Crippen LogP) is 2.84. The highest BCUT2D eigenvalue weighted by molar-refractivity contribution is 7.17. The van der Waals surface area contributed by atoms with Gasteiger partial charge in [0.15, 0.2) is 0 Å². The number of thiophene rings is 1. The second-order valence-electron chi connectivity index (χ2n) is 4.24. The van der Waals surface area contributed by atoms with Gasteiger partial charge in [-0.3, -0.25) is 0 Å². The molecule has 1 aromatic carbocycles. The number of nitrogens with zero attached hydrogens (tertiary/aromatic N) is 2. The summed E-state index contributed by atoms with van der Waals surface area (Å²) >= 11 is 1.75. The molecule has 0 saturated carbocycles. The molecule has 0 saturated heterocycles. The number of hydrogen-bond donors (Lipinski definition) is 1. The zero-order valence-electron chi connectivity index (χ0n) is 10.1. The number of hydrogen-bond acceptors (Lipinski definition) is 3. The van der Waals surface area contributed by atoms with E-state index in [1.165, 1.54) is 15.6 Å². The van der Waals surface area contributed by atoms with Crippen molar-refractivity contribution in [1.29, 1.82) is 0 Å². The van der Waals surface area contributed by atoms with E-state index in [4.69, 9.17) is 5.11 Å². The summed E-state index contributed by atoms with van der Waals surface area (Å²) in [6.45, 7) is 0.134. The maximum Gasteiger partial charge on any atom is 0.111 e. The summed E-state index contributed by atoms with van der Waals surface area (Å²) in [6.07, 6.45) is 2.48. The van der Waals surface area contributed by atoms with Crippen LogP contribution in [0.5, 0.6) is 0 Å². The summed E-state index contributed by atoms with van der Waals surface area (Å²) in [6, 6.07) is 8.39. The van der Waals surface area contributed by atoms with E-state index < -0.39 is 0 Å². The summed E-state index contributed by atoms with van der Waals surface area (Å²) in [5.41, 5.74) is 2.32. The summed E-state index contributed by atoms with van der Waals surface area (Å²) in [4.78, 5) is 4.38. The average Bonchev–Trinajstić information content (AvgIpc) is 2.95. The molecule has 0 aliphatic heterocycles. The Labute approximate surface area is 109 Å². The van der Waals surface area contributed by atoms with Gasteiger partial charge in [-0.15, -0.1) is 11.3 Å². The van der Waals surface area contributed by atoms with Crippen molar-refractivity contribution in [2.45, 2.75) is 6.42 Å². The van der Waals surface area contributed by atoms with Crippen LogP contribution in [0.25, 0.3) is 21.3 Å². The molecule has 92 valence electrons. The zero-order chi connectivity index (χ0) is 12.5. The lowest BCUT2D eigenvalue weighted by Gasteiger charge is -2.04. The van der Waals surface area contributed by atoms with Crippen LogP contribution in [0.4, 0.5) is 0 Å². The van der Waals surface area contributed by atoms with Gasteiger partial charge in [-0.1, -0.05) is 18.2 Å². The third-order valence-electron chi connectivity index (χ3n) is 3.18. The predicted molar refractivity (Wildman–Crippen MR) is 74.8 cm³/mol. The van der Waals surface area contributed by atoms with Gasteiger partial charge in [-0.2, -0.15) is 0 Å². The normalized spacial score (nSPS) is 11.2. The van der Waals surface area contributed by atoms with Gasteiger partial charge in [0.25, 0.3) is 0 Å². The SMILES string of the molecule is Cn1c(-c2csc3ccccc23)cnc1CCO. The molecule has 0 aliphatic rings. The minimum atomic E-state index is 0.134. The molecule has 18 heavy (non-hydrogen) atoms. The molecule has 0 amide bonds. The maximum atomic E-state index is 9.00. The molecule has 3 rings (SSSR count). The summed E-state index contributed by atoms with van der Waals surface area (Å²) in [7, 11) is 2.00. The Morgan fingerprint density at radius 2 is 2.17 bits per heavy atom. The molecule has 0 atom stereocenters. The highest BCUT2D eigenvalue weighted by Crippen LogP contribution is 2.33. The van der Waals surface area contributed by atoms with Crippen LogP contribution < -0.4 is 0 Å². The number of benzene rings is 1. The van der Waals surface area contributed by atoms with Crippen LogP contribution in [-0.2, 0) is 13.5 Å². The molecule has 0 unspecified atom stereocenters. The first-order valence-corrected chi connectivity index (χ1v) is 6.77. The fourth-order valence-corrected chi connectivity index (χ4v) is 3.16. The molecule has 0 radical (unpaired) electrons. The van der Waals surface area contributed by atoms with Crippen molar-refractivity contribution in [2.24, 2.45) is 7.05 Å². The van der Waals surface area contributed by atoms with Crippen LogP contribution in [0, 0.1) is 0 Å². The molecule has 4 heteroatoms. The molecular weight excluding hydrogens is 244 g/mol.